The molecule has 0 aromatic rings. The molecule has 1 rings (SSSR count). The standard InChI is InChI=1S/C11H23NO2S/c1-2-12-10(5-6-13)8-15-9-11-4-3-7-14-11/h10-13H,2-9H2,1H3. The van der Waals surface area contributed by atoms with Gasteiger partial charge in [-0.05, 0) is 25.8 Å². The van der Waals surface area contributed by atoms with Crippen LogP contribution in [0, 0.1) is 0 Å². The summed E-state index contributed by atoms with van der Waals surface area (Å²) >= 11 is 1.94. The number of hydrogen-bond donors (Lipinski definition) is 2. The molecule has 1 aliphatic heterocycles. The van der Waals surface area contributed by atoms with Gasteiger partial charge in [-0.2, -0.15) is 11.8 Å². The first-order valence-corrected chi connectivity index (χ1v) is 7.05. The van der Waals surface area contributed by atoms with Crippen molar-refractivity contribution in [3.8, 4) is 0 Å². The van der Waals surface area contributed by atoms with Gasteiger partial charge in [-0.3, -0.25) is 0 Å². The zero-order valence-corrected chi connectivity index (χ0v) is 10.4. The van der Waals surface area contributed by atoms with E-state index in [9.17, 15) is 0 Å². The van der Waals surface area contributed by atoms with E-state index in [4.69, 9.17) is 9.84 Å². The zero-order valence-electron chi connectivity index (χ0n) is 9.58. The Morgan fingerprint density at radius 2 is 2.47 bits per heavy atom. The topological polar surface area (TPSA) is 41.5 Å². The Balaban J connectivity index is 2.04. The monoisotopic (exact) mass is 233 g/mol. The maximum atomic E-state index is 8.90. The molecule has 2 N–H and O–H groups in total. The van der Waals surface area contributed by atoms with E-state index in [0.717, 1.165) is 31.1 Å². The van der Waals surface area contributed by atoms with Crippen molar-refractivity contribution < 1.29 is 9.84 Å². The van der Waals surface area contributed by atoms with Crippen molar-refractivity contribution in [2.24, 2.45) is 0 Å². The van der Waals surface area contributed by atoms with Gasteiger partial charge in [0.15, 0.2) is 0 Å². The molecule has 2 unspecified atom stereocenters. The average Bonchev–Trinajstić information content (AvgIpc) is 2.71. The number of aliphatic hydroxyl groups is 1. The van der Waals surface area contributed by atoms with Crippen LogP contribution in [0.5, 0.6) is 0 Å². The Hall–Kier alpha value is 0.230. The summed E-state index contributed by atoms with van der Waals surface area (Å²) in [6.07, 6.45) is 3.77. The highest BCUT2D eigenvalue weighted by Gasteiger charge is 2.16. The van der Waals surface area contributed by atoms with Crippen LogP contribution < -0.4 is 5.32 Å². The molecule has 3 nitrogen and oxygen atoms in total. The maximum absolute atomic E-state index is 8.90. The molecule has 1 heterocycles. The van der Waals surface area contributed by atoms with Crippen LogP contribution in [0.3, 0.4) is 0 Å². The summed E-state index contributed by atoms with van der Waals surface area (Å²) in [5.74, 6) is 2.18. The molecular weight excluding hydrogens is 210 g/mol. The molecule has 0 saturated carbocycles. The van der Waals surface area contributed by atoms with Crippen LogP contribution >= 0.6 is 11.8 Å². The molecule has 0 spiro atoms. The maximum Gasteiger partial charge on any atom is 0.0666 e. The van der Waals surface area contributed by atoms with Crippen molar-refractivity contribution >= 4 is 11.8 Å². The van der Waals surface area contributed by atoms with Gasteiger partial charge >= 0.3 is 0 Å². The largest absolute Gasteiger partial charge is 0.396 e. The summed E-state index contributed by atoms with van der Waals surface area (Å²) < 4.78 is 5.56. The zero-order chi connectivity index (χ0) is 10.9. The minimum Gasteiger partial charge on any atom is -0.396 e. The second-order valence-electron chi connectivity index (χ2n) is 3.94. The molecular formula is C11H23NO2S. The number of ether oxygens (including phenoxy) is 1. The number of aliphatic hydroxyl groups excluding tert-OH is 1. The van der Waals surface area contributed by atoms with Crippen molar-refractivity contribution in [1.82, 2.24) is 5.32 Å². The summed E-state index contributed by atoms with van der Waals surface area (Å²) in [5, 5.41) is 12.3. The molecule has 4 heteroatoms. The highest BCUT2D eigenvalue weighted by atomic mass is 32.2. The molecule has 0 radical (unpaired) electrons. The number of nitrogens with one attached hydrogen (secondary N) is 1. The van der Waals surface area contributed by atoms with Crippen LogP contribution in [0.1, 0.15) is 26.2 Å². The van der Waals surface area contributed by atoms with Crippen molar-refractivity contribution in [2.45, 2.75) is 38.3 Å². The van der Waals surface area contributed by atoms with Gasteiger partial charge in [0.05, 0.1) is 6.10 Å². The molecule has 90 valence electrons. The Kier molecular flexibility index (Phi) is 7.44. The third-order valence-corrected chi connectivity index (χ3v) is 3.86. The first kappa shape index (κ1) is 13.3. The summed E-state index contributed by atoms with van der Waals surface area (Å²) in [4.78, 5) is 0. The van der Waals surface area contributed by atoms with Crippen LogP contribution in [0.15, 0.2) is 0 Å². The molecule has 0 aromatic heterocycles. The molecule has 1 fully saturated rings. The SMILES string of the molecule is CCNC(CCO)CSCC1CCCO1. The summed E-state index contributed by atoms with van der Waals surface area (Å²) in [6, 6.07) is 0.450. The third-order valence-electron chi connectivity index (χ3n) is 2.62. The van der Waals surface area contributed by atoms with E-state index in [-0.39, 0.29) is 6.61 Å². The van der Waals surface area contributed by atoms with E-state index >= 15 is 0 Å². The minimum atomic E-state index is 0.276. The van der Waals surface area contributed by atoms with Crippen LogP contribution in [-0.4, -0.2) is 48.5 Å². The van der Waals surface area contributed by atoms with E-state index in [1.807, 2.05) is 11.8 Å². The summed E-state index contributed by atoms with van der Waals surface area (Å²) in [6.45, 7) is 4.30. The lowest BCUT2D eigenvalue weighted by atomic mass is 10.2. The second kappa shape index (κ2) is 8.39. The predicted octanol–water partition coefficient (Wildman–Crippen LogP) is 1.26. The number of thioether (sulfide) groups is 1. The van der Waals surface area contributed by atoms with Gasteiger partial charge in [0, 0.05) is 30.8 Å². The van der Waals surface area contributed by atoms with Crippen molar-refractivity contribution in [2.75, 3.05) is 31.3 Å². The van der Waals surface area contributed by atoms with Gasteiger partial charge in [0.2, 0.25) is 0 Å². The van der Waals surface area contributed by atoms with E-state index in [0.29, 0.717) is 12.1 Å². The average molecular weight is 233 g/mol. The highest BCUT2D eigenvalue weighted by Crippen LogP contribution is 2.17. The summed E-state index contributed by atoms with van der Waals surface area (Å²) in [7, 11) is 0. The van der Waals surface area contributed by atoms with Crippen molar-refractivity contribution in [3.63, 3.8) is 0 Å². The molecule has 0 amide bonds. The van der Waals surface area contributed by atoms with Gasteiger partial charge < -0.3 is 15.2 Å². The van der Waals surface area contributed by atoms with E-state index in [1.165, 1.54) is 12.8 Å². The lowest BCUT2D eigenvalue weighted by Crippen LogP contribution is -2.32. The molecule has 0 aromatic carbocycles. The number of rotatable bonds is 8. The molecule has 15 heavy (non-hydrogen) atoms. The molecule has 0 aliphatic carbocycles. The molecule has 1 aliphatic rings. The molecule has 0 bridgehead atoms. The van der Waals surface area contributed by atoms with Crippen LogP contribution in [0.4, 0.5) is 0 Å². The number of hydrogen-bond acceptors (Lipinski definition) is 4. The van der Waals surface area contributed by atoms with Crippen LogP contribution in [-0.2, 0) is 4.74 Å². The quantitative estimate of drug-likeness (QED) is 0.662. The smallest absolute Gasteiger partial charge is 0.0666 e. The van der Waals surface area contributed by atoms with Gasteiger partial charge in [-0.1, -0.05) is 6.92 Å². The Bertz CT molecular complexity index is 146. The van der Waals surface area contributed by atoms with Gasteiger partial charge in [-0.25, -0.2) is 0 Å². The predicted molar refractivity (Wildman–Crippen MR) is 65.5 cm³/mol. The fraction of sp³-hybridized carbons (Fsp3) is 1.00. The van der Waals surface area contributed by atoms with Crippen molar-refractivity contribution in [1.29, 1.82) is 0 Å². The third kappa shape index (κ3) is 5.76. The molecule has 1 saturated heterocycles. The van der Waals surface area contributed by atoms with E-state index in [1.54, 1.807) is 0 Å². The normalized spacial score (nSPS) is 23.2. The molecule has 2 atom stereocenters. The highest BCUT2D eigenvalue weighted by molar-refractivity contribution is 7.99. The van der Waals surface area contributed by atoms with Gasteiger partial charge in [0.25, 0.3) is 0 Å². The lowest BCUT2D eigenvalue weighted by molar-refractivity contribution is 0.129. The first-order valence-electron chi connectivity index (χ1n) is 5.90. The second-order valence-corrected chi connectivity index (χ2v) is 5.01. The van der Waals surface area contributed by atoms with Gasteiger partial charge in [0.1, 0.15) is 0 Å². The van der Waals surface area contributed by atoms with Gasteiger partial charge in [-0.15, -0.1) is 0 Å². The lowest BCUT2D eigenvalue weighted by Gasteiger charge is -2.17. The summed E-state index contributed by atoms with van der Waals surface area (Å²) in [5.41, 5.74) is 0. The Morgan fingerprint density at radius 1 is 1.60 bits per heavy atom. The van der Waals surface area contributed by atoms with Crippen molar-refractivity contribution in [3.05, 3.63) is 0 Å². The Labute approximate surface area is 97.0 Å². The fourth-order valence-electron chi connectivity index (χ4n) is 1.81. The first-order chi connectivity index (χ1) is 7.36. The fourth-order valence-corrected chi connectivity index (χ4v) is 3.04. The Morgan fingerprint density at radius 3 is 3.07 bits per heavy atom. The van der Waals surface area contributed by atoms with E-state index < -0.39 is 0 Å². The van der Waals surface area contributed by atoms with Crippen LogP contribution in [0.2, 0.25) is 0 Å². The van der Waals surface area contributed by atoms with Crippen LogP contribution in [0.25, 0.3) is 0 Å². The van der Waals surface area contributed by atoms with E-state index in [2.05, 4.69) is 12.2 Å². The minimum absolute atomic E-state index is 0.276.